The lowest BCUT2D eigenvalue weighted by molar-refractivity contribution is -0.117. The molecule has 39 heavy (non-hydrogen) atoms. The SMILES string of the molecule is CS/C(=C\N(C)C)C(=O)N[C@@H]1CCN(Cc2ccc(-c3nc4cccc(O)c4nc3-c3ccccc3)cc2)C1. The van der Waals surface area contributed by atoms with Crippen LogP contribution in [0.5, 0.6) is 5.75 Å². The number of likely N-dealkylation sites (tertiary alicyclic amines) is 1. The maximum Gasteiger partial charge on any atom is 0.259 e. The predicted octanol–water partition coefficient (Wildman–Crippen LogP) is 5.13. The van der Waals surface area contributed by atoms with E-state index in [0.717, 1.165) is 53.5 Å². The normalized spacial score (nSPS) is 16.0. The van der Waals surface area contributed by atoms with Crippen LogP contribution < -0.4 is 5.32 Å². The largest absolute Gasteiger partial charge is 0.506 e. The Hall–Kier alpha value is -3.88. The molecule has 0 spiro atoms. The molecule has 1 amide bonds. The summed E-state index contributed by atoms with van der Waals surface area (Å²) in [5.41, 5.74) is 5.80. The molecule has 2 heterocycles. The molecular weight excluding hydrogens is 506 g/mol. The fourth-order valence-electron chi connectivity index (χ4n) is 4.88. The van der Waals surface area contributed by atoms with E-state index in [1.807, 2.05) is 67.8 Å². The number of nitrogens with zero attached hydrogens (tertiary/aromatic N) is 4. The van der Waals surface area contributed by atoms with E-state index < -0.39 is 0 Å². The zero-order chi connectivity index (χ0) is 27.4. The number of aromatic hydroxyl groups is 1. The molecule has 7 nitrogen and oxygen atoms in total. The quantitative estimate of drug-likeness (QED) is 0.301. The molecule has 1 fully saturated rings. The first-order chi connectivity index (χ1) is 18.9. The van der Waals surface area contributed by atoms with E-state index in [1.165, 1.54) is 17.3 Å². The van der Waals surface area contributed by atoms with E-state index in [0.29, 0.717) is 11.0 Å². The van der Waals surface area contributed by atoms with Crippen LogP contribution in [0.4, 0.5) is 0 Å². The third-order valence-corrected chi connectivity index (χ3v) is 7.51. The van der Waals surface area contributed by atoms with Gasteiger partial charge in [0.15, 0.2) is 0 Å². The Morgan fingerprint density at radius 2 is 1.74 bits per heavy atom. The minimum absolute atomic E-state index is 0.00793. The van der Waals surface area contributed by atoms with Crippen LogP contribution in [0.1, 0.15) is 12.0 Å². The van der Waals surface area contributed by atoms with Crippen LogP contribution in [0, 0.1) is 0 Å². The lowest BCUT2D eigenvalue weighted by Gasteiger charge is -2.18. The number of nitrogens with one attached hydrogen (secondary N) is 1. The monoisotopic (exact) mass is 539 g/mol. The zero-order valence-corrected chi connectivity index (χ0v) is 23.3. The Morgan fingerprint density at radius 1 is 1.03 bits per heavy atom. The molecule has 1 aromatic heterocycles. The highest BCUT2D eigenvalue weighted by atomic mass is 32.2. The summed E-state index contributed by atoms with van der Waals surface area (Å²) in [6.45, 7) is 2.59. The van der Waals surface area contributed by atoms with Gasteiger partial charge in [-0.25, -0.2) is 9.97 Å². The number of hydrogen-bond donors (Lipinski definition) is 2. The Bertz CT molecular complexity index is 1490. The summed E-state index contributed by atoms with van der Waals surface area (Å²) in [4.78, 5) is 27.4. The first-order valence-electron chi connectivity index (χ1n) is 13.0. The molecule has 0 bridgehead atoms. The molecule has 0 radical (unpaired) electrons. The molecule has 8 heteroatoms. The molecule has 200 valence electrons. The maximum absolute atomic E-state index is 12.7. The van der Waals surface area contributed by atoms with Gasteiger partial charge in [-0.1, -0.05) is 60.7 Å². The van der Waals surface area contributed by atoms with Crippen molar-refractivity contribution in [2.45, 2.75) is 19.0 Å². The van der Waals surface area contributed by atoms with Crippen LogP contribution in [-0.4, -0.2) is 70.3 Å². The van der Waals surface area contributed by atoms with E-state index in [-0.39, 0.29) is 17.7 Å². The van der Waals surface area contributed by atoms with Gasteiger partial charge in [0, 0.05) is 57.1 Å². The van der Waals surface area contributed by atoms with Crippen molar-refractivity contribution in [2.75, 3.05) is 33.4 Å². The average Bonchev–Trinajstić information content (AvgIpc) is 3.38. The fraction of sp³-hybridized carbons (Fsp3) is 0.258. The minimum Gasteiger partial charge on any atom is -0.506 e. The van der Waals surface area contributed by atoms with Crippen LogP contribution in [-0.2, 0) is 11.3 Å². The topological polar surface area (TPSA) is 81.6 Å². The predicted molar refractivity (Wildman–Crippen MR) is 159 cm³/mol. The van der Waals surface area contributed by atoms with Gasteiger partial charge in [-0.15, -0.1) is 11.8 Å². The third-order valence-electron chi connectivity index (χ3n) is 6.78. The van der Waals surface area contributed by atoms with Crippen LogP contribution in [0.15, 0.2) is 83.9 Å². The number of para-hydroxylation sites is 1. The summed E-state index contributed by atoms with van der Waals surface area (Å²) in [5.74, 6) is 0.115. The second-order valence-corrected chi connectivity index (χ2v) is 10.8. The van der Waals surface area contributed by atoms with Gasteiger partial charge in [-0.05, 0) is 30.4 Å². The number of hydrogen-bond acceptors (Lipinski definition) is 7. The molecule has 0 unspecified atom stereocenters. The number of benzene rings is 3. The van der Waals surface area contributed by atoms with Gasteiger partial charge >= 0.3 is 0 Å². The summed E-state index contributed by atoms with van der Waals surface area (Å²) in [6, 6.07) is 23.8. The van der Waals surface area contributed by atoms with Crippen molar-refractivity contribution in [2.24, 2.45) is 0 Å². The van der Waals surface area contributed by atoms with Crippen LogP contribution in [0.25, 0.3) is 33.5 Å². The first kappa shape index (κ1) is 26.7. The van der Waals surface area contributed by atoms with Crippen molar-refractivity contribution in [3.05, 3.63) is 89.5 Å². The summed E-state index contributed by atoms with van der Waals surface area (Å²) in [7, 11) is 3.85. The molecule has 1 saturated heterocycles. The number of phenolic OH excluding ortho intramolecular Hbond substituents is 1. The van der Waals surface area contributed by atoms with Gasteiger partial charge < -0.3 is 15.3 Å². The van der Waals surface area contributed by atoms with Crippen LogP contribution in [0.2, 0.25) is 0 Å². The number of thioether (sulfide) groups is 1. The number of fused-ring (bicyclic) bond motifs is 1. The van der Waals surface area contributed by atoms with Crippen LogP contribution >= 0.6 is 11.8 Å². The number of carbonyl (C=O) groups is 1. The first-order valence-corrected chi connectivity index (χ1v) is 14.2. The highest BCUT2D eigenvalue weighted by Crippen LogP contribution is 2.33. The molecule has 2 N–H and O–H groups in total. The summed E-state index contributed by atoms with van der Waals surface area (Å²) in [5, 5.41) is 13.6. The number of carbonyl (C=O) groups excluding carboxylic acids is 1. The van der Waals surface area contributed by atoms with Crippen molar-refractivity contribution in [3.8, 4) is 28.3 Å². The van der Waals surface area contributed by atoms with Gasteiger partial charge in [-0.2, -0.15) is 0 Å². The second kappa shape index (κ2) is 11.9. The molecule has 0 saturated carbocycles. The summed E-state index contributed by atoms with van der Waals surface area (Å²) >= 11 is 1.47. The number of amides is 1. The molecule has 1 aliphatic heterocycles. The molecule has 5 rings (SSSR count). The standard InChI is InChI=1S/C31H33N5O2S/c1-35(2)20-27(39-3)31(38)32-24-16-17-36(19-24)18-21-12-14-23(15-13-21)28-29(22-8-5-4-6-9-22)34-30-25(33-28)10-7-11-26(30)37/h4-15,20,24,37H,16-19H2,1-3H3,(H,32,38)/b27-20-/t24-/m1/s1. The highest BCUT2D eigenvalue weighted by Gasteiger charge is 2.25. The lowest BCUT2D eigenvalue weighted by Crippen LogP contribution is -2.37. The Morgan fingerprint density at radius 3 is 2.46 bits per heavy atom. The average molecular weight is 540 g/mol. The number of aromatic nitrogens is 2. The summed E-state index contributed by atoms with van der Waals surface area (Å²) in [6.07, 6.45) is 4.73. The molecule has 4 aromatic rings. The number of rotatable bonds is 8. The molecular formula is C31H33N5O2S. The van der Waals surface area contributed by atoms with E-state index in [2.05, 4.69) is 34.5 Å². The van der Waals surface area contributed by atoms with E-state index in [1.54, 1.807) is 12.1 Å². The molecule has 0 aliphatic carbocycles. The van der Waals surface area contributed by atoms with Crippen molar-refractivity contribution in [1.82, 2.24) is 25.1 Å². The molecule has 1 aliphatic rings. The van der Waals surface area contributed by atoms with Gasteiger partial charge in [-0.3, -0.25) is 9.69 Å². The maximum atomic E-state index is 12.7. The van der Waals surface area contributed by atoms with Gasteiger partial charge in [0.25, 0.3) is 5.91 Å². The highest BCUT2D eigenvalue weighted by molar-refractivity contribution is 8.03. The number of phenols is 1. The molecule has 3 aromatic carbocycles. The smallest absolute Gasteiger partial charge is 0.259 e. The van der Waals surface area contributed by atoms with Crippen molar-refractivity contribution in [3.63, 3.8) is 0 Å². The van der Waals surface area contributed by atoms with Gasteiger partial charge in [0.2, 0.25) is 0 Å². The Labute approximate surface area is 233 Å². The second-order valence-electron chi connectivity index (χ2n) is 9.98. The summed E-state index contributed by atoms with van der Waals surface area (Å²) < 4.78 is 0. The van der Waals surface area contributed by atoms with Crippen molar-refractivity contribution < 1.29 is 9.90 Å². The zero-order valence-electron chi connectivity index (χ0n) is 22.5. The fourth-order valence-corrected chi connectivity index (χ4v) is 5.44. The Kier molecular flexibility index (Phi) is 8.14. The third kappa shape index (κ3) is 6.24. The van der Waals surface area contributed by atoms with Crippen molar-refractivity contribution >= 4 is 28.7 Å². The van der Waals surface area contributed by atoms with Crippen molar-refractivity contribution in [1.29, 1.82) is 0 Å². The molecule has 1 atom stereocenters. The van der Waals surface area contributed by atoms with Gasteiger partial charge in [0.05, 0.1) is 21.8 Å². The Balaban J connectivity index is 1.32. The van der Waals surface area contributed by atoms with Gasteiger partial charge in [0.1, 0.15) is 11.3 Å². The van der Waals surface area contributed by atoms with E-state index in [9.17, 15) is 9.90 Å². The lowest BCUT2D eigenvalue weighted by atomic mass is 10.0. The minimum atomic E-state index is -0.00793. The van der Waals surface area contributed by atoms with E-state index >= 15 is 0 Å². The van der Waals surface area contributed by atoms with Crippen LogP contribution in [0.3, 0.4) is 0 Å². The van der Waals surface area contributed by atoms with E-state index in [4.69, 9.17) is 9.97 Å².